The smallest absolute Gasteiger partial charge is 0.326 e. The second kappa shape index (κ2) is 7.26. The minimum absolute atomic E-state index is 0.0698. The molecule has 0 aromatic heterocycles. The Balaban J connectivity index is 1.79. The molecule has 1 aromatic carbocycles. The van der Waals surface area contributed by atoms with Gasteiger partial charge >= 0.3 is 5.97 Å². The molecule has 1 aliphatic heterocycles. The minimum Gasteiger partial charge on any atom is -0.480 e. The average Bonchev–Trinajstić information content (AvgIpc) is 2.97. The van der Waals surface area contributed by atoms with Crippen molar-refractivity contribution in [3.63, 3.8) is 0 Å². The Bertz CT molecular complexity index is 532. The van der Waals surface area contributed by atoms with Gasteiger partial charge in [0.25, 0.3) is 0 Å². The van der Waals surface area contributed by atoms with Gasteiger partial charge in [0.1, 0.15) is 6.04 Å². The second-order valence-corrected chi connectivity index (χ2v) is 5.90. The fourth-order valence-electron chi connectivity index (χ4n) is 2.35. The number of likely N-dealkylation sites (tertiary alicyclic amines) is 1. The maximum Gasteiger partial charge on any atom is 0.326 e. The van der Waals surface area contributed by atoms with Crippen LogP contribution < -0.4 is 0 Å². The van der Waals surface area contributed by atoms with Crippen molar-refractivity contribution in [1.29, 1.82) is 0 Å². The molecule has 21 heavy (non-hydrogen) atoms. The van der Waals surface area contributed by atoms with E-state index in [1.54, 1.807) is 24.3 Å². The molecule has 0 bridgehead atoms. The second-order valence-electron chi connectivity index (χ2n) is 4.84. The Labute approximate surface area is 127 Å². The van der Waals surface area contributed by atoms with Crippen molar-refractivity contribution < 1.29 is 19.5 Å². The molecule has 0 unspecified atom stereocenters. The van der Waals surface area contributed by atoms with Crippen LogP contribution in [0.25, 0.3) is 0 Å². The van der Waals surface area contributed by atoms with E-state index in [1.807, 2.05) is 6.07 Å². The molecule has 1 saturated heterocycles. The van der Waals surface area contributed by atoms with Gasteiger partial charge in [-0.1, -0.05) is 42.1 Å². The first kappa shape index (κ1) is 15.6. The first-order valence-electron chi connectivity index (χ1n) is 6.84. The average molecular weight is 307 g/mol. The van der Waals surface area contributed by atoms with Crippen LogP contribution in [0.5, 0.6) is 0 Å². The molecule has 112 valence electrons. The molecule has 0 aliphatic carbocycles. The number of carboxylic acids is 1. The van der Waals surface area contributed by atoms with Gasteiger partial charge in [0.05, 0.1) is 0 Å². The number of carboxylic acid groups (broad SMARTS) is 1. The Hall–Kier alpha value is -1.82. The zero-order chi connectivity index (χ0) is 15.2. The van der Waals surface area contributed by atoms with Gasteiger partial charge in [-0.3, -0.25) is 9.59 Å². The van der Waals surface area contributed by atoms with Crippen molar-refractivity contribution in [2.75, 3.05) is 12.3 Å². The first-order chi connectivity index (χ1) is 10.1. The van der Waals surface area contributed by atoms with Gasteiger partial charge in [0.15, 0.2) is 0 Å². The highest BCUT2D eigenvalue weighted by molar-refractivity contribution is 8.14. The summed E-state index contributed by atoms with van der Waals surface area (Å²) >= 11 is 1.09. The van der Waals surface area contributed by atoms with Crippen LogP contribution in [-0.2, 0) is 9.59 Å². The number of hydrogen-bond acceptors (Lipinski definition) is 4. The highest BCUT2D eigenvalue weighted by Crippen LogP contribution is 2.20. The Morgan fingerprint density at radius 3 is 2.62 bits per heavy atom. The summed E-state index contributed by atoms with van der Waals surface area (Å²) in [5, 5.41) is 8.97. The van der Waals surface area contributed by atoms with E-state index in [2.05, 4.69) is 0 Å². The van der Waals surface area contributed by atoms with E-state index >= 15 is 0 Å². The third kappa shape index (κ3) is 4.07. The third-order valence-corrected chi connectivity index (χ3v) is 4.32. The quantitative estimate of drug-likeness (QED) is 0.901. The van der Waals surface area contributed by atoms with Crippen LogP contribution in [0, 0.1) is 0 Å². The lowest BCUT2D eigenvalue weighted by Crippen LogP contribution is -2.40. The van der Waals surface area contributed by atoms with Crippen molar-refractivity contribution >= 4 is 28.8 Å². The predicted octanol–water partition coefficient (Wildman–Crippen LogP) is 2.03. The molecule has 1 atom stereocenters. The van der Waals surface area contributed by atoms with E-state index in [-0.39, 0.29) is 17.4 Å². The monoisotopic (exact) mass is 307 g/mol. The molecule has 1 amide bonds. The molecule has 0 radical (unpaired) electrons. The summed E-state index contributed by atoms with van der Waals surface area (Å²) in [5.74, 6) is -0.766. The van der Waals surface area contributed by atoms with Crippen molar-refractivity contribution in [2.45, 2.75) is 25.3 Å². The lowest BCUT2D eigenvalue weighted by Gasteiger charge is -2.21. The first-order valence-corrected chi connectivity index (χ1v) is 7.82. The molecular formula is C15H17NO4S. The molecule has 6 heteroatoms. The zero-order valence-corrected chi connectivity index (χ0v) is 12.3. The number of thioether (sulfide) groups is 1. The fraction of sp³-hybridized carbons (Fsp3) is 0.400. The highest BCUT2D eigenvalue weighted by Gasteiger charge is 2.33. The molecule has 1 N–H and O–H groups in total. The number of hydrogen-bond donors (Lipinski definition) is 1. The largest absolute Gasteiger partial charge is 0.480 e. The summed E-state index contributed by atoms with van der Waals surface area (Å²) < 4.78 is 0. The number of nitrogens with zero attached hydrogens (tertiary/aromatic N) is 1. The summed E-state index contributed by atoms with van der Waals surface area (Å²) in [7, 11) is 0. The van der Waals surface area contributed by atoms with Crippen LogP contribution in [0.1, 0.15) is 29.6 Å². The Morgan fingerprint density at radius 2 is 1.95 bits per heavy atom. The van der Waals surface area contributed by atoms with Gasteiger partial charge in [-0.25, -0.2) is 4.79 Å². The summed E-state index contributed by atoms with van der Waals surface area (Å²) in [6.45, 7) is 0.493. The molecule has 2 rings (SSSR count). The van der Waals surface area contributed by atoms with Gasteiger partial charge < -0.3 is 10.0 Å². The Morgan fingerprint density at radius 1 is 1.24 bits per heavy atom. The predicted molar refractivity (Wildman–Crippen MR) is 80.2 cm³/mol. The lowest BCUT2D eigenvalue weighted by molar-refractivity contribution is -0.148. The van der Waals surface area contributed by atoms with E-state index in [1.165, 1.54) is 4.90 Å². The SMILES string of the molecule is O=C(SCCC(=O)N1CCC[C@H]1C(=O)O)c1ccccc1. The Kier molecular flexibility index (Phi) is 5.38. The molecule has 1 aliphatic rings. The number of amides is 1. The zero-order valence-electron chi connectivity index (χ0n) is 11.5. The fourth-order valence-corrected chi connectivity index (χ4v) is 3.12. The molecule has 0 saturated carbocycles. The molecule has 1 aromatic rings. The van der Waals surface area contributed by atoms with Gasteiger partial charge in [-0.05, 0) is 12.8 Å². The molecule has 1 fully saturated rings. The van der Waals surface area contributed by atoms with Crippen molar-refractivity contribution in [1.82, 2.24) is 4.90 Å². The van der Waals surface area contributed by atoms with Crippen LogP contribution in [-0.4, -0.2) is 45.3 Å². The number of benzene rings is 1. The number of carbonyl (C=O) groups excluding carboxylic acids is 2. The maximum atomic E-state index is 12.0. The summed E-state index contributed by atoms with van der Waals surface area (Å²) in [6.07, 6.45) is 1.42. The van der Waals surface area contributed by atoms with Crippen LogP contribution in [0.3, 0.4) is 0 Å². The van der Waals surface area contributed by atoms with Gasteiger partial charge in [-0.15, -0.1) is 0 Å². The molecule has 5 nitrogen and oxygen atoms in total. The van der Waals surface area contributed by atoms with Crippen LogP contribution in [0.4, 0.5) is 0 Å². The minimum atomic E-state index is -0.950. The topological polar surface area (TPSA) is 74.7 Å². The van der Waals surface area contributed by atoms with Gasteiger partial charge in [0, 0.05) is 24.3 Å². The van der Waals surface area contributed by atoms with E-state index in [4.69, 9.17) is 5.11 Å². The van der Waals surface area contributed by atoms with Crippen LogP contribution >= 0.6 is 11.8 Å². The highest BCUT2D eigenvalue weighted by atomic mass is 32.2. The molecule has 1 heterocycles. The van der Waals surface area contributed by atoms with E-state index in [0.717, 1.165) is 18.2 Å². The molecule has 0 spiro atoms. The number of carbonyl (C=O) groups is 3. The standard InChI is InChI=1S/C15H17NO4S/c17-13(16-9-4-7-12(16)14(18)19)8-10-21-15(20)11-5-2-1-3-6-11/h1-3,5-6,12H,4,7-10H2,(H,18,19)/t12-/m0/s1. The molecular weight excluding hydrogens is 290 g/mol. The van der Waals surface area contributed by atoms with E-state index in [9.17, 15) is 14.4 Å². The maximum absolute atomic E-state index is 12.0. The van der Waals surface area contributed by atoms with Gasteiger partial charge in [-0.2, -0.15) is 0 Å². The van der Waals surface area contributed by atoms with Crippen LogP contribution in [0.2, 0.25) is 0 Å². The number of rotatable bonds is 5. The van der Waals surface area contributed by atoms with E-state index < -0.39 is 12.0 Å². The summed E-state index contributed by atoms with van der Waals surface area (Å²) in [5.41, 5.74) is 0.611. The lowest BCUT2D eigenvalue weighted by atomic mass is 10.2. The third-order valence-electron chi connectivity index (χ3n) is 3.42. The van der Waals surface area contributed by atoms with Crippen LogP contribution in [0.15, 0.2) is 30.3 Å². The summed E-state index contributed by atoms with van der Waals surface area (Å²) in [4.78, 5) is 36.3. The van der Waals surface area contributed by atoms with Crippen molar-refractivity contribution in [3.8, 4) is 0 Å². The summed E-state index contributed by atoms with van der Waals surface area (Å²) in [6, 6.07) is 8.19. The van der Waals surface area contributed by atoms with Gasteiger partial charge in [0.2, 0.25) is 11.0 Å². The van der Waals surface area contributed by atoms with Crippen molar-refractivity contribution in [2.24, 2.45) is 0 Å². The normalized spacial score (nSPS) is 17.7. The van der Waals surface area contributed by atoms with Crippen molar-refractivity contribution in [3.05, 3.63) is 35.9 Å². The number of aliphatic carboxylic acids is 1. The van der Waals surface area contributed by atoms with E-state index in [0.29, 0.717) is 24.3 Å².